The number of fused-ring (bicyclic) bond motifs is 3. The molecular weight excluding hydrogens is 685 g/mol. The summed E-state index contributed by atoms with van der Waals surface area (Å²) in [5, 5.41) is 16.3. The van der Waals surface area contributed by atoms with Gasteiger partial charge in [-0.2, -0.15) is 4.98 Å². The van der Waals surface area contributed by atoms with Gasteiger partial charge in [-0.15, -0.1) is 0 Å². The summed E-state index contributed by atoms with van der Waals surface area (Å²) in [6, 6.07) is 6.65. The molecule has 0 spiro atoms. The maximum Gasteiger partial charge on any atom is 0.405 e. The Kier molecular flexibility index (Phi) is 9.92. The number of halogens is 1. The number of ether oxygens (including phenoxy) is 2. The molecule has 4 aliphatic rings. The van der Waals surface area contributed by atoms with E-state index in [-0.39, 0.29) is 49.9 Å². The molecule has 276 valence electrons. The van der Waals surface area contributed by atoms with Crippen molar-refractivity contribution in [1.29, 1.82) is 0 Å². The van der Waals surface area contributed by atoms with E-state index < -0.39 is 80.8 Å². The second kappa shape index (κ2) is 13.9. The highest BCUT2D eigenvalue weighted by Crippen LogP contribution is 2.48. The third kappa shape index (κ3) is 7.19. The highest BCUT2D eigenvalue weighted by atomic mass is 32.2. The lowest BCUT2D eigenvalue weighted by Crippen LogP contribution is -2.59. The number of aromatic nitrogens is 1. The number of amides is 4. The molecule has 1 aromatic heterocycles. The lowest BCUT2D eigenvalue weighted by atomic mass is 9.88. The van der Waals surface area contributed by atoms with E-state index in [0.29, 0.717) is 24.6 Å². The van der Waals surface area contributed by atoms with Crippen molar-refractivity contribution in [2.45, 2.75) is 87.3 Å². The van der Waals surface area contributed by atoms with Crippen molar-refractivity contribution in [2.24, 2.45) is 17.8 Å². The predicted octanol–water partition coefficient (Wildman–Crippen LogP) is 3.06. The van der Waals surface area contributed by atoms with E-state index in [0.717, 1.165) is 5.39 Å². The molecule has 6 rings (SSSR count). The van der Waals surface area contributed by atoms with Crippen LogP contribution in [0.2, 0.25) is 0 Å². The molecule has 51 heavy (non-hydrogen) atoms. The Morgan fingerprint density at radius 1 is 1.18 bits per heavy atom. The SMILES string of the molecule is COc1cc2ccccc2c(O[C@@H]2C[C@H]3C(=O)N[C@]4(C(=O)NS(=O)(=O)C5(CF)CC5)C[C@H]4/C=C\CC[C@H](C)C[C@@H](C)[C@H](NC(=O)O)C(=O)N3C2)n1. The second-order valence-electron chi connectivity index (χ2n) is 14.4. The molecule has 1 aromatic carbocycles. The lowest BCUT2D eigenvalue weighted by Gasteiger charge is -2.32. The number of carbonyl (C=O) groups is 4. The van der Waals surface area contributed by atoms with Crippen LogP contribution in [0.25, 0.3) is 10.8 Å². The van der Waals surface area contributed by atoms with Gasteiger partial charge in [-0.3, -0.25) is 19.1 Å². The van der Waals surface area contributed by atoms with Gasteiger partial charge in [-0.05, 0) is 61.8 Å². The van der Waals surface area contributed by atoms with Crippen LogP contribution in [-0.4, -0.2) is 96.0 Å². The number of nitrogens with one attached hydrogen (secondary N) is 3. The van der Waals surface area contributed by atoms with Crippen LogP contribution >= 0.6 is 0 Å². The molecule has 14 nitrogen and oxygen atoms in total. The summed E-state index contributed by atoms with van der Waals surface area (Å²) in [6.07, 6.45) is 3.49. The molecule has 1 saturated heterocycles. The van der Waals surface area contributed by atoms with Crippen molar-refractivity contribution in [3.8, 4) is 11.8 Å². The Labute approximate surface area is 295 Å². The monoisotopic (exact) mass is 729 g/mol. The summed E-state index contributed by atoms with van der Waals surface area (Å²) in [4.78, 5) is 60.1. The number of rotatable bonds is 8. The average Bonchev–Trinajstić information content (AvgIpc) is 3.99. The number of methoxy groups -OCH3 is 1. The number of hydrogen-bond acceptors (Lipinski definition) is 9. The third-order valence-electron chi connectivity index (χ3n) is 10.7. The summed E-state index contributed by atoms with van der Waals surface area (Å²) in [6.45, 7) is 2.54. The van der Waals surface area contributed by atoms with E-state index in [1.54, 1.807) is 19.1 Å². The first-order valence-electron chi connectivity index (χ1n) is 17.2. The van der Waals surface area contributed by atoms with E-state index in [9.17, 15) is 37.1 Å². The molecule has 0 unspecified atom stereocenters. The second-order valence-corrected chi connectivity index (χ2v) is 16.5. The normalized spacial score (nSPS) is 31.2. The van der Waals surface area contributed by atoms with Crippen molar-refractivity contribution >= 4 is 44.6 Å². The van der Waals surface area contributed by atoms with Crippen molar-refractivity contribution < 1.29 is 46.6 Å². The van der Waals surface area contributed by atoms with Gasteiger partial charge in [0.05, 0.1) is 13.7 Å². The predicted molar refractivity (Wildman–Crippen MR) is 183 cm³/mol. The van der Waals surface area contributed by atoms with E-state index >= 15 is 0 Å². The zero-order chi connectivity index (χ0) is 36.7. The fourth-order valence-corrected chi connectivity index (χ4v) is 8.81. The van der Waals surface area contributed by atoms with Gasteiger partial charge in [0.15, 0.2) is 0 Å². The van der Waals surface area contributed by atoms with Crippen LogP contribution in [0.1, 0.15) is 58.8 Å². The van der Waals surface area contributed by atoms with Crippen LogP contribution in [-0.2, 0) is 24.4 Å². The number of benzene rings is 1. The van der Waals surface area contributed by atoms with Gasteiger partial charge in [0.1, 0.15) is 35.1 Å². The molecular formula is C35H44FN5O9S. The molecule has 4 N–H and O–H groups in total. The average molecular weight is 730 g/mol. The molecule has 0 radical (unpaired) electrons. The van der Waals surface area contributed by atoms with Crippen LogP contribution in [0, 0.1) is 17.8 Å². The first-order valence-corrected chi connectivity index (χ1v) is 18.7. The molecule has 16 heteroatoms. The highest BCUT2D eigenvalue weighted by molar-refractivity contribution is 7.91. The van der Waals surface area contributed by atoms with Gasteiger partial charge in [0, 0.05) is 23.8 Å². The van der Waals surface area contributed by atoms with Crippen LogP contribution in [0.4, 0.5) is 9.18 Å². The van der Waals surface area contributed by atoms with Crippen LogP contribution in [0.15, 0.2) is 42.5 Å². The summed E-state index contributed by atoms with van der Waals surface area (Å²) in [5.74, 6) is -2.75. The van der Waals surface area contributed by atoms with Crippen LogP contribution < -0.4 is 24.8 Å². The lowest BCUT2D eigenvalue weighted by molar-refractivity contribution is -0.142. The number of pyridine rings is 1. The molecule has 2 aliphatic carbocycles. The topological polar surface area (TPSA) is 193 Å². The minimum absolute atomic E-state index is 0.0448. The standard InChI is InChI=1S/C35H44FN5O9S/c1-20-8-4-6-10-23-17-35(23,32(44)40-51(47,48)34(19-36)12-13-34)39-29(42)26-16-24(18-41(26)31(43)28(21(2)14-20)38-33(45)46)50-30-25-11-7-5-9-22(25)15-27(37-30)49-3/h5-7,9-11,15,20-21,23-24,26,28,38H,4,8,12-14,16-19H2,1-3H3,(H,39,42)(H,40,44)(H,45,46)/b10-6-/t20-,21+,23+,24+,26-,28-,35+/m0/s1. The van der Waals surface area contributed by atoms with Gasteiger partial charge >= 0.3 is 6.09 Å². The number of hydrogen-bond donors (Lipinski definition) is 4. The Hall–Kier alpha value is -4.47. The quantitative estimate of drug-likeness (QED) is 0.294. The minimum atomic E-state index is -4.38. The van der Waals surface area contributed by atoms with Gasteiger partial charge in [-0.25, -0.2) is 17.6 Å². The first kappa shape index (κ1) is 36.3. The van der Waals surface area contributed by atoms with Crippen molar-refractivity contribution in [3.05, 3.63) is 42.5 Å². The maximum atomic E-state index is 14.3. The molecule has 3 heterocycles. The number of carbonyl (C=O) groups excluding carboxylic acids is 3. The van der Waals surface area contributed by atoms with Gasteiger partial charge < -0.3 is 30.1 Å². The highest BCUT2D eigenvalue weighted by Gasteiger charge is 2.64. The number of nitrogens with zero attached hydrogens (tertiary/aromatic N) is 2. The van der Waals surface area contributed by atoms with Crippen LogP contribution in [0.3, 0.4) is 0 Å². The number of carboxylic acid groups (broad SMARTS) is 1. The van der Waals surface area contributed by atoms with Crippen molar-refractivity contribution in [2.75, 3.05) is 20.3 Å². The third-order valence-corrected chi connectivity index (χ3v) is 12.8. The molecule has 2 aliphatic heterocycles. The van der Waals surface area contributed by atoms with E-state index in [1.165, 1.54) is 12.0 Å². The summed E-state index contributed by atoms with van der Waals surface area (Å²) >= 11 is 0. The molecule has 4 amide bonds. The fraction of sp³-hybridized carbons (Fsp3) is 0.571. The molecule has 7 atom stereocenters. The zero-order valence-corrected chi connectivity index (χ0v) is 29.6. The number of alkyl halides is 1. The molecule has 3 fully saturated rings. The molecule has 2 saturated carbocycles. The van der Waals surface area contributed by atoms with Gasteiger partial charge in [0.2, 0.25) is 33.6 Å². The summed E-state index contributed by atoms with van der Waals surface area (Å²) < 4.78 is 52.0. The Morgan fingerprint density at radius 3 is 2.61 bits per heavy atom. The smallest absolute Gasteiger partial charge is 0.405 e. The Morgan fingerprint density at radius 2 is 1.92 bits per heavy atom. The summed E-state index contributed by atoms with van der Waals surface area (Å²) in [7, 11) is -2.92. The fourth-order valence-electron chi connectivity index (χ4n) is 7.38. The molecule has 0 bridgehead atoms. The Bertz CT molecular complexity index is 1850. The van der Waals surface area contributed by atoms with E-state index in [2.05, 4.69) is 20.3 Å². The Balaban J connectivity index is 1.35. The zero-order valence-electron chi connectivity index (χ0n) is 28.8. The van der Waals surface area contributed by atoms with Crippen molar-refractivity contribution in [3.63, 3.8) is 0 Å². The number of sulfonamides is 1. The van der Waals surface area contributed by atoms with E-state index in [1.807, 2.05) is 37.3 Å². The van der Waals surface area contributed by atoms with Crippen LogP contribution in [0.5, 0.6) is 11.8 Å². The minimum Gasteiger partial charge on any atom is -0.481 e. The number of allylic oxidation sites excluding steroid dienone is 1. The first-order chi connectivity index (χ1) is 24.2. The van der Waals surface area contributed by atoms with Gasteiger partial charge in [0.25, 0.3) is 5.91 Å². The van der Waals surface area contributed by atoms with Gasteiger partial charge in [-0.1, -0.05) is 44.2 Å². The van der Waals surface area contributed by atoms with Crippen molar-refractivity contribution in [1.82, 2.24) is 25.2 Å². The van der Waals surface area contributed by atoms with E-state index in [4.69, 9.17) is 9.47 Å². The molecule has 2 aromatic rings. The maximum absolute atomic E-state index is 14.3. The summed E-state index contributed by atoms with van der Waals surface area (Å²) in [5.41, 5.74) is -1.66. The largest absolute Gasteiger partial charge is 0.481 e.